The van der Waals surface area contributed by atoms with Crippen LogP contribution in [0.3, 0.4) is 0 Å². The highest BCUT2D eigenvalue weighted by atomic mass is 16.4. The molecule has 0 saturated heterocycles. The van der Waals surface area contributed by atoms with Crippen LogP contribution in [0.1, 0.15) is 11.5 Å². The number of nitrogens with two attached hydrogens (primary N) is 1. The maximum atomic E-state index is 9.58. The molecule has 3 rings (SSSR count). The van der Waals surface area contributed by atoms with E-state index in [0.717, 1.165) is 22.2 Å². The van der Waals surface area contributed by atoms with E-state index in [4.69, 9.17) is 10.2 Å². The van der Waals surface area contributed by atoms with Gasteiger partial charge in [0.05, 0.1) is 18.3 Å². The van der Waals surface area contributed by atoms with E-state index in [1.165, 1.54) is 0 Å². The Morgan fingerprint density at radius 2 is 2.28 bits per heavy atom. The maximum absolute atomic E-state index is 9.58. The summed E-state index contributed by atoms with van der Waals surface area (Å²) in [7, 11) is 0. The maximum Gasteiger partial charge on any atom is 0.228 e. The molecular weight excluding hydrogens is 230 g/mol. The van der Waals surface area contributed by atoms with Crippen molar-refractivity contribution in [1.82, 2.24) is 9.97 Å². The lowest BCUT2D eigenvalue weighted by molar-refractivity contribution is 0.476. The van der Waals surface area contributed by atoms with E-state index < -0.39 is 0 Å². The van der Waals surface area contributed by atoms with E-state index in [0.29, 0.717) is 18.2 Å². The third-order valence-electron chi connectivity index (χ3n) is 2.94. The molecule has 3 aromatic rings. The first kappa shape index (κ1) is 10.9. The molecule has 0 bridgehead atoms. The van der Waals surface area contributed by atoms with Gasteiger partial charge in [0.15, 0.2) is 0 Å². The number of aromatic hydroxyl groups is 1. The minimum Gasteiger partial charge on any atom is -0.508 e. The summed E-state index contributed by atoms with van der Waals surface area (Å²) in [5.41, 5.74) is 8.25. The van der Waals surface area contributed by atoms with Crippen LogP contribution in [0.4, 0.5) is 0 Å². The second-order valence-corrected chi connectivity index (χ2v) is 4.19. The van der Waals surface area contributed by atoms with Crippen LogP contribution >= 0.6 is 0 Å². The average molecular weight is 243 g/mol. The predicted octanol–water partition coefficient (Wildman–Crippen LogP) is 2.30. The van der Waals surface area contributed by atoms with Crippen LogP contribution in [-0.2, 0) is 6.54 Å². The van der Waals surface area contributed by atoms with Gasteiger partial charge in [0.2, 0.25) is 5.89 Å². The second kappa shape index (κ2) is 3.89. The van der Waals surface area contributed by atoms with E-state index in [1.54, 1.807) is 18.3 Å². The first-order valence-corrected chi connectivity index (χ1v) is 5.65. The normalized spacial score (nSPS) is 11.2. The fourth-order valence-corrected chi connectivity index (χ4v) is 2.11. The van der Waals surface area contributed by atoms with E-state index in [9.17, 15) is 5.11 Å². The Balaban J connectivity index is 2.26. The van der Waals surface area contributed by atoms with Gasteiger partial charge in [-0.3, -0.25) is 0 Å². The number of nitrogens with one attached hydrogen (secondary N) is 1. The Bertz CT molecular complexity index is 712. The number of phenolic OH excluding ortho intramolecular Hbond substituents is 1. The highest BCUT2D eigenvalue weighted by Gasteiger charge is 2.15. The summed E-state index contributed by atoms with van der Waals surface area (Å²) in [6, 6.07) is 5.16. The quantitative estimate of drug-likeness (QED) is 0.644. The number of hydrogen-bond donors (Lipinski definition) is 3. The number of oxazole rings is 1. The molecule has 2 aromatic heterocycles. The van der Waals surface area contributed by atoms with Crippen molar-refractivity contribution in [3.8, 4) is 17.2 Å². The lowest BCUT2D eigenvalue weighted by Crippen LogP contribution is -1.92. The fraction of sp³-hybridized carbons (Fsp3) is 0.154. The minimum absolute atomic E-state index is 0.216. The topological polar surface area (TPSA) is 88.1 Å². The summed E-state index contributed by atoms with van der Waals surface area (Å²) >= 11 is 0. The number of aromatic nitrogens is 2. The van der Waals surface area contributed by atoms with Crippen LogP contribution in [-0.4, -0.2) is 15.1 Å². The van der Waals surface area contributed by atoms with Crippen LogP contribution in [0.25, 0.3) is 22.4 Å². The zero-order valence-corrected chi connectivity index (χ0v) is 9.90. The Kier molecular flexibility index (Phi) is 2.34. The first-order chi connectivity index (χ1) is 8.69. The third-order valence-corrected chi connectivity index (χ3v) is 2.94. The predicted molar refractivity (Wildman–Crippen MR) is 68.1 cm³/mol. The van der Waals surface area contributed by atoms with Crippen molar-refractivity contribution < 1.29 is 9.52 Å². The number of nitrogens with zero attached hydrogens (tertiary/aromatic N) is 1. The van der Waals surface area contributed by atoms with Crippen molar-refractivity contribution in [2.45, 2.75) is 13.5 Å². The van der Waals surface area contributed by atoms with E-state index in [1.807, 2.05) is 13.0 Å². The zero-order valence-electron chi connectivity index (χ0n) is 9.90. The van der Waals surface area contributed by atoms with Gasteiger partial charge in [-0.1, -0.05) is 0 Å². The van der Waals surface area contributed by atoms with E-state index in [-0.39, 0.29) is 5.75 Å². The van der Waals surface area contributed by atoms with Gasteiger partial charge < -0.3 is 20.2 Å². The number of hydrogen-bond acceptors (Lipinski definition) is 4. The monoisotopic (exact) mass is 243 g/mol. The Morgan fingerprint density at radius 1 is 1.44 bits per heavy atom. The molecule has 0 aliphatic heterocycles. The third kappa shape index (κ3) is 1.56. The molecule has 5 nitrogen and oxygen atoms in total. The molecule has 0 unspecified atom stereocenters. The van der Waals surface area contributed by atoms with Crippen LogP contribution < -0.4 is 5.73 Å². The summed E-state index contributed by atoms with van der Waals surface area (Å²) < 4.78 is 5.57. The van der Waals surface area contributed by atoms with Gasteiger partial charge in [-0.15, -0.1) is 0 Å². The van der Waals surface area contributed by atoms with Gasteiger partial charge in [0, 0.05) is 16.6 Å². The van der Waals surface area contributed by atoms with Gasteiger partial charge in [-0.05, 0) is 25.1 Å². The second-order valence-electron chi connectivity index (χ2n) is 4.19. The molecule has 0 aliphatic rings. The number of aromatic amines is 1. The number of rotatable bonds is 2. The summed E-state index contributed by atoms with van der Waals surface area (Å²) in [5.74, 6) is 1.37. The summed E-state index contributed by atoms with van der Waals surface area (Å²) in [6.07, 6.45) is 1.62. The molecule has 0 radical (unpaired) electrons. The van der Waals surface area contributed by atoms with Crippen molar-refractivity contribution in [3.63, 3.8) is 0 Å². The largest absolute Gasteiger partial charge is 0.508 e. The Hall–Kier alpha value is -2.27. The molecule has 0 spiro atoms. The fourth-order valence-electron chi connectivity index (χ4n) is 2.11. The molecule has 4 N–H and O–H groups in total. The van der Waals surface area contributed by atoms with Crippen molar-refractivity contribution in [3.05, 3.63) is 35.9 Å². The van der Waals surface area contributed by atoms with Crippen molar-refractivity contribution in [2.75, 3.05) is 0 Å². The summed E-state index contributed by atoms with van der Waals surface area (Å²) in [5, 5.41) is 10.5. The molecule has 0 amide bonds. The lowest BCUT2D eigenvalue weighted by Gasteiger charge is -1.96. The van der Waals surface area contributed by atoms with E-state index in [2.05, 4.69) is 9.97 Å². The van der Waals surface area contributed by atoms with Gasteiger partial charge >= 0.3 is 0 Å². The highest BCUT2D eigenvalue weighted by molar-refractivity contribution is 5.96. The Labute approximate surface area is 103 Å². The Morgan fingerprint density at radius 3 is 3.00 bits per heavy atom. The van der Waals surface area contributed by atoms with Crippen molar-refractivity contribution in [1.29, 1.82) is 0 Å². The van der Waals surface area contributed by atoms with Crippen LogP contribution in [0.15, 0.2) is 28.8 Å². The number of phenols is 1. The molecule has 5 heteroatoms. The minimum atomic E-state index is 0.216. The molecule has 92 valence electrons. The molecule has 0 fully saturated rings. The smallest absolute Gasteiger partial charge is 0.228 e. The van der Waals surface area contributed by atoms with Crippen LogP contribution in [0.5, 0.6) is 5.75 Å². The lowest BCUT2D eigenvalue weighted by atomic mass is 10.1. The summed E-state index contributed by atoms with van der Waals surface area (Å²) in [4.78, 5) is 7.46. The van der Waals surface area contributed by atoms with Crippen molar-refractivity contribution >= 4 is 10.9 Å². The molecule has 0 aliphatic carbocycles. The van der Waals surface area contributed by atoms with E-state index >= 15 is 0 Å². The van der Waals surface area contributed by atoms with Gasteiger partial charge in [0.1, 0.15) is 11.5 Å². The zero-order chi connectivity index (χ0) is 12.7. The van der Waals surface area contributed by atoms with Gasteiger partial charge in [0.25, 0.3) is 0 Å². The molecule has 0 atom stereocenters. The van der Waals surface area contributed by atoms with Crippen LogP contribution in [0.2, 0.25) is 0 Å². The average Bonchev–Trinajstić information content (AvgIpc) is 2.92. The van der Waals surface area contributed by atoms with Crippen molar-refractivity contribution in [2.24, 2.45) is 5.73 Å². The molecular formula is C13H13N3O2. The standard InChI is InChI=1S/C13H13N3O2/c1-7-12(13-15-6-9(5-14)18-13)10-4-8(17)2-3-11(10)16-7/h2-4,6,16-17H,5,14H2,1H3. The summed E-state index contributed by atoms with van der Waals surface area (Å²) in [6.45, 7) is 2.26. The van der Waals surface area contributed by atoms with Gasteiger partial charge in [-0.25, -0.2) is 4.98 Å². The number of H-pyrrole nitrogens is 1. The van der Waals surface area contributed by atoms with Crippen LogP contribution in [0, 0.1) is 6.92 Å². The highest BCUT2D eigenvalue weighted by Crippen LogP contribution is 2.33. The number of aryl methyl sites for hydroxylation is 1. The molecule has 2 heterocycles. The molecule has 18 heavy (non-hydrogen) atoms. The SMILES string of the molecule is Cc1[nH]c2ccc(O)cc2c1-c1ncc(CN)o1. The number of benzene rings is 1. The van der Waals surface area contributed by atoms with Gasteiger partial charge in [-0.2, -0.15) is 0 Å². The molecule has 1 aromatic carbocycles. The molecule has 0 saturated carbocycles. The number of fused-ring (bicyclic) bond motifs is 1. The first-order valence-electron chi connectivity index (χ1n) is 5.65.